The van der Waals surface area contributed by atoms with Gasteiger partial charge >= 0.3 is 0 Å². The highest BCUT2D eigenvalue weighted by atomic mass is 16.3. The Morgan fingerprint density at radius 1 is 1.42 bits per heavy atom. The van der Waals surface area contributed by atoms with Gasteiger partial charge in [0, 0.05) is 11.3 Å². The monoisotopic (exact) mass is 254 g/mol. The molecular weight excluding hydrogens is 240 g/mol. The Morgan fingerprint density at radius 3 is 2.89 bits per heavy atom. The highest BCUT2D eigenvalue weighted by molar-refractivity contribution is 6.02. The van der Waals surface area contributed by atoms with Gasteiger partial charge in [0.1, 0.15) is 0 Å². The lowest BCUT2D eigenvalue weighted by molar-refractivity contribution is 0.0996. The zero-order valence-electron chi connectivity index (χ0n) is 10.6. The summed E-state index contributed by atoms with van der Waals surface area (Å²) in [6, 6.07) is 8.85. The minimum Gasteiger partial charge on any atom is -0.459 e. The molecule has 0 saturated heterocycles. The first kappa shape index (κ1) is 12.9. The van der Waals surface area contributed by atoms with E-state index in [0.717, 1.165) is 16.8 Å². The topological polar surface area (TPSA) is 68.3 Å². The maximum atomic E-state index is 11.8. The highest BCUT2D eigenvalue weighted by Gasteiger charge is 2.09. The van der Waals surface area contributed by atoms with E-state index in [-0.39, 0.29) is 11.7 Å². The molecule has 1 aromatic heterocycles. The molecular formula is C15H14N2O2. The fourth-order valence-electron chi connectivity index (χ4n) is 1.63. The maximum absolute atomic E-state index is 11.8. The zero-order valence-corrected chi connectivity index (χ0v) is 10.6. The van der Waals surface area contributed by atoms with Gasteiger partial charge in [-0.2, -0.15) is 0 Å². The van der Waals surface area contributed by atoms with E-state index in [1.807, 2.05) is 25.1 Å². The standard InChI is InChI=1S/C15H14N2O2/c1-11-10-12(4-2-8-16)6-7-13(11)17-15(18)14-5-3-9-19-14/h3,5-7,9-10H,8,16H2,1H3,(H,17,18). The molecule has 4 heteroatoms. The minimum absolute atomic E-state index is 0.270. The van der Waals surface area contributed by atoms with Gasteiger partial charge in [-0.05, 0) is 42.8 Å². The Balaban J connectivity index is 2.15. The SMILES string of the molecule is Cc1cc(C#CCN)ccc1NC(=O)c1ccco1. The molecule has 0 aliphatic rings. The molecule has 0 aliphatic carbocycles. The second-order valence-electron chi connectivity index (χ2n) is 3.97. The number of carbonyl (C=O) groups excluding carboxylic acids is 1. The van der Waals surface area contributed by atoms with Crippen molar-refractivity contribution in [3.05, 3.63) is 53.5 Å². The number of rotatable bonds is 2. The number of amides is 1. The number of furan rings is 1. The van der Waals surface area contributed by atoms with E-state index in [4.69, 9.17) is 10.2 Å². The predicted molar refractivity (Wildman–Crippen MR) is 73.8 cm³/mol. The van der Waals surface area contributed by atoms with Crippen molar-refractivity contribution in [3.8, 4) is 11.8 Å². The molecule has 0 unspecified atom stereocenters. The molecule has 1 amide bonds. The number of hydrogen-bond donors (Lipinski definition) is 2. The summed E-state index contributed by atoms with van der Waals surface area (Å²) in [5.74, 6) is 5.75. The van der Waals surface area contributed by atoms with Gasteiger partial charge in [0.15, 0.2) is 5.76 Å². The van der Waals surface area contributed by atoms with Crippen LogP contribution >= 0.6 is 0 Å². The third-order valence-electron chi connectivity index (χ3n) is 2.55. The Labute approximate surface area is 111 Å². The van der Waals surface area contributed by atoms with E-state index in [1.165, 1.54) is 6.26 Å². The van der Waals surface area contributed by atoms with Crippen molar-refractivity contribution in [3.63, 3.8) is 0 Å². The Morgan fingerprint density at radius 2 is 2.26 bits per heavy atom. The lowest BCUT2D eigenvalue weighted by Crippen LogP contribution is -2.11. The molecule has 4 nitrogen and oxygen atoms in total. The quantitative estimate of drug-likeness (QED) is 0.807. The van der Waals surface area contributed by atoms with Gasteiger partial charge < -0.3 is 15.5 Å². The second-order valence-corrected chi connectivity index (χ2v) is 3.97. The van der Waals surface area contributed by atoms with Crippen molar-refractivity contribution in [2.45, 2.75) is 6.92 Å². The first-order valence-corrected chi connectivity index (χ1v) is 5.85. The van der Waals surface area contributed by atoms with Crippen molar-refractivity contribution >= 4 is 11.6 Å². The van der Waals surface area contributed by atoms with Crippen molar-refractivity contribution in [1.82, 2.24) is 0 Å². The number of nitrogens with one attached hydrogen (secondary N) is 1. The molecule has 96 valence electrons. The summed E-state index contributed by atoms with van der Waals surface area (Å²) in [5, 5.41) is 2.79. The molecule has 0 fully saturated rings. The molecule has 0 aliphatic heterocycles. The first-order valence-electron chi connectivity index (χ1n) is 5.85. The highest BCUT2D eigenvalue weighted by Crippen LogP contribution is 2.17. The molecule has 0 spiro atoms. The smallest absolute Gasteiger partial charge is 0.291 e. The van der Waals surface area contributed by atoms with Gasteiger partial charge in [-0.25, -0.2) is 0 Å². The predicted octanol–water partition coefficient (Wildman–Crippen LogP) is 2.15. The summed E-state index contributed by atoms with van der Waals surface area (Å²) in [7, 11) is 0. The van der Waals surface area contributed by atoms with Crippen molar-refractivity contribution in [2.75, 3.05) is 11.9 Å². The average Bonchev–Trinajstić information content (AvgIpc) is 2.93. The van der Waals surface area contributed by atoms with Gasteiger partial charge in [0.05, 0.1) is 12.8 Å². The van der Waals surface area contributed by atoms with Crippen LogP contribution in [0.15, 0.2) is 41.0 Å². The van der Waals surface area contributed by atoms with E-state index in [1.54, 1.807) is 12.1 Å². The van der Waals surface area contributed by atoms with E-state index >= 15 is 0 Å². The molecule has 0 saturated carbocycles. The molecule has 0 bridgehead atoms. The third-order valence-corrected chi connectivity index (χ3v) is 2.55. The van der Waals surface area contributed by atoms with Crippen LogP contribution in [0.25, 0.3) is 0 Å². The molecule has 1 heterocycles. The van der Waals surface area contributed by atoms with E-state index < -0.39 is 0 Å². The molecule has 2 rings (SSSR count). The largest absolute Gasteiger partial charge is 0.459 e. The van der Waals surface area contributed by atoms with Crippen LogP contribution in [0.2, 0.25) is 0 Å². The van der Waals surface area contributed by atoms with Gasteiger partial charge in [0.25, 0.3) is 5.91 Å². The van der Waals surface area contributed by atoms with E-state index in [0.29, 0.717) is 6.54 Å². The second kappa shape index (κ2) is 5.89. The summed E-state index contributed by atoms with van der Waals surface area (Å²) in [6.07, 6.45) is 1.47. The number of benzene rings is 1. The van der Waals surface area contributed by atoms with E-state index in [9.17, 15) is 4.79 Å². The van der Waals surface area contributed by atoms with Crippen LogP contribution in [0.5, 0.6) is 0 Å². The zero-order chi connectivity index (χ0) is 13.7. The third kappa shape index (κ3) is 3.24. The van der Waals surface area contributed by atoms with Crippen molar-refractivity contribution in [2.24, 2.45) is 5.73 Å². The number of carbonyl (C=O) groups is 1. The summed E-state index contributed by atoms with van der Waals surface area (Å²) < 4.78 is 5.04. The summed E-state index contributed by atoms with van der Waals surface area (Å²) in [4.78, 5) is 11.8. The average molecular weight is 254 g/mol. The number of nitrogens with two attached hydrogens (primary N) is 1. The fraction of sp³-hybridized carbons (Fsp3) is 0.133. The molecule has 0 atom stereocenters. The summed E-state index contributed by atoms with van der Waals surface area (Å²) >= 11 is 0. The summed E-state index contributed by atoms with van der Waals surface area (Å²) in [6.45, 7) is 2.24. The fourth-order valence-corrected chi connectivity index (χ4v) is 1.63. The van der Waals surface area contributed by atoms with Crippen LogP contribution < -0.4 is 11.1 Å². The van der Waals surface area contributed by atoms with Crippen molar-refractivity contribution in [1.29, 1.82) is 0 Å². The van der Waals surface area contributed by atoms with Crippen LogP contribution in [-0.4, -0.2) is 12.5 Å². The molecule has 3 N–H and O–H groups in total. The normalized spacial score (nSPS) is 9.58. The molecule has 0 radical (unpaired) electrons. The summed E-state index contributed by atoms with van der Waals surface area (Å²) in [5.41, 5.74) is 7.87. The van der Waals surface area contributed by atoms with Gasteiger partial charge in [0.2, 0.25) is 0 Å². The number of hydrogen-bond acceptors (Lipinski definition) is 3. The van der Waals surface area contributed by atoms with Crippen LogP contribution in [-0.2, 0) is 0 Å². The molecule has 19 heavy (non-hydrogen) atoms. The number of anilines is 1. The van der Waals surface area contributed by atoms with E-state index in [2.05, 4.69) is 17.2 Å². The molecule has 2 aromatic rings. The van der Waals surface area contributed by atoms with Gasteiger partial charge in [-0.1, -0.05) is 11.8 Å². The first-order chi connectivity index (χ1) is 9.20. The minimum atomic E-state index is -0.270. The Bertz CT molecular complexity index is 634. The Hall–Kier alpha value is -2.51. The van der Waals surface area contributed by atoms with Crippen LogP contribution in [0.3, 0.4) is 0 Å². The maximum Gasteiger partial charge on any atom is 0.291 e. The van der Waals surface area contributed by atoms with Crippen molar-refractivity contribution < 1.29 is 9.21 Å². The van der Waals surface area contributed by atoms with Crippen LogP contribution in [0, 0.1) is 18.8 Å². The van der Waals surface area contributed by atoms with Crippen LogP contribution in [0.1, 0.15) is 21.7 Å². The van der Waals surface area contributed by atoms with Gasteiger partial charge in [-0.3, -0.25) is 4.79 Å². The lowest BCUT2D eigenvalue weighted by atomic mass is 10.1. The van der Waals surface area contributed by atoms with Gasteiger partial charge in [-0.15, -0.1) is 0 Å². The van der Waals surface area contributed by atoms with Crippen LogP contribution in [0.4, 0.5) is 5.69 Å². The molecule has 1 aromatic carbocycles. The lowest BCUT2D eigenvalue weighted by Gasteiger charge is -2.07. The Kier molecular flexibility index (Phi) is 4.01. The number of aryl methyl sites for hydroxylation is 1.